The summed E-state index contributed by atoms with van der Waals surface area (Å²) in [6, 6.07) is 8.09. The van der Waals surface area contributed by atoms with E-state index in [2.05, 4.69) is 11.4 Å². The van der Waals surface area contributed by atoms with Crippen molar-refractivity contribution in [2.24, 2.45) is 0 Å². The van der Waals surface area contributed by atoms with Crippen molar-refractivity contribution in [3.63, 3.8) is 0 Å². The molecule has 0 unspecified atom stereocenters. The molecule has 3 rings (SSSR count). The van der Waals surface area contributed by atoms with E-state index < -0.39 is 0 Å². The average molecular weight is 261 g/mol. The molecule has 0 aliphatic heterocycles. The number of thiophene rings is 2. The Morgan fingerprint density at radius 1 is 1.12 bits per heavy atom. The highest BCUT2D eigenvalue weighted by Gasteiger charge is 2.03. The van der Waals surface area contributed by atoms with Gasteiger partial charge in [0, 0.05) is 22.3 Å². The number of aryl methyl sites for hydroxylation is 2. The molecular formula is C13H11NOS2. The van der Waals surface area contributed by atoms with Crippen molar-refractivity contribution >= 4 is 32.8 Å². The summed E-state index contributed by atoms with van der Waals surface area (Å²) in [6.07, 6.45) is 2.82. The third-order valence-corrected chi connectivity index (χ3v) is 4.59. The van der Waals surface area contributed by atoms with E-state index in [1.807, 2.05) is 29.8 Å². The molecule has 3 aromatic heterocycles. The zero-order chi connectivity index (χ0) is 11.7. The molecule has 0 saturated carbocycles. The number of pyridine rings is 1. The fraction of sp³-hybridized carbons (Fsp3) is 0.154. The van der Waals surface area contributed by atoms with Gasteiger partial charge in [-0.05, 0) is 35.4 Å². The molecule has 0 spiro atoms. The lowest BCUT2D eigenvalue weighted by molar-refractivity contribution is 0.680. The number of hydrogen-bond acceptors (Lipinski definition) is 3. The Bertz CT molecular complexity index is 679. The van der Waals surface area contributed by atoms with E-state index in [9.17, 15) is 4.79 Å². The lowest BCUT2D eigenvalue weighted by atomic mass is 10.3. The highest BCUT2D eigenvalue weighted by Crippen LogP contribution is 2.16. The van der Waals surface area contributed by atoms with Gasteiger partial charge in [-0.25, -0.2) is 0 Å². The summed E-state index contributed by atoms with van der Waals surface area (Å²) < 4.78 is 2.87. The van der Waals surface area contributed by atoms with Gasteiger partial charge in [-0.15, -0.1) is 22.7 Å². The first kappa shape index (κ1) is 10.7. The third kappa shape index (κ3) is 2.06. The molecule has 0 fully saturated rings. The standard InChI is InChI=1S/C13H11NOS2/c15-13-11-5-9-17-12(11)4-7-14(13)6-3-10-2-1-8-16-10/h1-2,4-5,7-9H,3,6H2. The first-order chi connectivity index (χ1) is 8.34. The Hall–Kier alpha value is -1.39. The molecule has 0 amide bonds. The zero-order valence-corrected chi connectivity index (χ0v) is 10.8. The van der Waals surface area contributed by atoms with E-state index in [-0.39, 0.29) is 5.56 Å². The van der Waals surface area contributed by atoms with E-state index in [1.165, 1.54) is 4.88 Å². The second kappa shape index (κ2) is 4.47. The molecule has 0 aliphatic rings. The van der Waals surface area contributed by atoms with Gasteiger partial charge in [0.15, 0.2) is 0 Å². The molecule has 4 heteroatoms. The molecular weight excluding hydrogens is 250 g/mol. The monoisotopic (exact) mass is 261 g/mol. The minimum Gasteiger partial charge on any atom is -0.315 e. The van der Waals surface area contributed by atoms with Crippen molar-refractivity contribution in [3.05, 3.63) is 56.5 Å². The van der Waals surface area contributed by atoms with Gasteiger partial charge in [-0.2, -0.15) is 0 Å². The molecule has 86 valence electrons. The van der Waals surface area contributed by atoms with E-state index in [1.54, 1.807) is 27.2 Å². The summed E-state index contributed by atoms with van der Waals surface area (Å²) in [7, 11) is 0. The number of hydrogen-bond donors (Lipinski definition) is 0. The molecule has 2 nitrogen and oxygen atoms in total. The van der Waals surface area contributed by atoms with Crippen molar-refractivity contribution in [1.29, 1.82) is 0 Å². The first-order valence-electron chi connectivity index (χ1n) is 5.43. The van der Waals surface area contributed by atoms with Crippen molar-refractivity contribution in [2.45, 2.75) is 13.0 Å². The Labute approximate surface area is 107 Å². The van der Waals surface area contributed by atoms with Crippen LogP contribution < -0.4 is 5.56 Å². The normalized spacial score (nSPS) is 11.1. The third-order valence-electron chi connectivity index (χ3n) is 2.77. The van der Waals surface area contributed by atoms with Gasteiger partial charge in [0.2, 0.25) is 0 Å². The lowest BCUT2D eigenvalue weighted by Gasteiger charge is -2.04. The molecule has 0 atom stereocenters. The Balaban J connectivity index is 1.90. The maximum atomic E-state index is 12.1. The van der Waals surface area contributed by atoms with Crippen molar-refractivity contribution < 1.29 is 0 Å². The maximum absolute atomic E-state index is 12.1. The second-order valence-electron chi connectivity index (χ2n) is 3.84. The predicted octanol–water partition coefficient (Wildman–Crippen LogP) is 3.37. The van der Waals surface area contributed by atoms with Gasteiger partial charge in [0.05, 0.1) is 5.39 Å². The fourth-order valence-electron chi connectivity index (χ4n) is 1.87. The van der Waals surface area contributed by atoms with Crippen LogP contribution >= 0.6 is 22.7 Å². The highest BCUT2D eigenvalue weighted by atomic mass is 32.1. The van der Waals surface area contributed by atoms with E-state index in [0.29, 0.717) is 0 Å². The molecule has 0 aliphatic carbocycles. The maximum Gasteiger partial charge on any atom is 0.259 e. The van der Waals surface area contributed by atoms with Crippen LogP contribution in [0.3, 0.4) is 0 Å². The molecule has 0 radical (unpaired) electrons. The highest BCUT2D eigenvalue weighted by molar-refractivity contribution is 7.17. The van der Waals surface area contributed by atoms with Gasteiger partial charge < -0.3 is 4.57 Å². The summed E-state index contributed by atoms with van der Waals surface area (Å²) in [4.78, 5) is 13.4. The molecule has 0 bridgehead atoms. The summed E-state index contributed by atoms with van der Waals surface area (Å²) in [5, 5.41) is 4.87. The van der Waals surface area contributed by atoms with Gasteiger partial charge in [0.1, 0.15) is 0 Å². The predicted molar refractivity (Wildman–Crippen MR) is 74.1 cm³/mol. The molecule has 0 N–H and O–H groups in total. The van der Waals surface area contributed by atoms with Crippen molar-refractivity contribution in [2.75, 3.05) is 0 Å². The van der Waals surface area contributed by atoms with Gasteiger partial charge >= 0.3 is 0 Å². The SMILES string of the molecule is O=c1c2ccsc2ccn1CCc1cccs1. The Kier molecular flexibility index (Phi) is 2.82. The lowest BCUT2D eigenvalue weighted by Crippen LogP contribution is -2.19. The molecule has 0 saturated heterocycles. The summed E-state index contributed by atoms with van der Waals surface area (Å²) in [5.41, 5.74) is 0.125. The topological polar surface area (TPSA) is 22.0 Å². The minimum absolute atomic E-state index is 0.125. The number of rotatable bonds is 3. The van der Waals surface area contributed by atoms with E-state index >= 15 is 0 Å². The van der Waals surface area contributed by atoms with Crippen LogP contribution in [-0.4, -0.2) is 4.57 Å². The summed E-state index contributed by atoms with van der Waals surface area (Å²) >= 11 is 3.35. The summed E-state index contributed by atoms with van der Waals surface area (Å²) in [5.74, 6) is 0. The van der Waals surface area contributed by atoms with Gasteiger partial charge in [-0.1, -0.05) is 6.07 Å². The van der Waals surface area contributed by atoms with Crippen LogP contribution in [-0.2, 0) is 13.0 Å². The van der Waals surface area contributed by atoms with E-state index in [0.717, 1.165) is 23.1 Å². The van der Waals surface area contributed by atoms with Crippen LogP contribution in [0.1, 0.15) is 4.88 Å². The van der Waals surface area contributed by atoms with Crippen LogP contribution in [0.4, 0.5) is 0 Å². The first-order valence-corrected chi connectivity index (χ1v) is 7.19. The second-order valence-corrected chi connectivity index (χ2v) is 5.82. The van der Waals surface area contributed by atoms with Gasteiger partial charge in [-0.3, -0.25) is 4.79 Å². The number of fused-ring (bicyclic) bond motifs is 1. The minimum atomic E-state index is 0.125. The van der Waals surface area contributed by atoms with Crippen LogP contribution in [0.25, 0.3) is 10.1 Å². The molecule has 17 heavy (non-hydrogen) atoms. The van der Waals surface area contributed by atoms with Crippen LogP contribution in [0.5, 0.6) is 0 Å². The van der Waals surface area contributed by atoms with Crippen LogP contribution in [0.2, 0.25) is 0 Å². The number of nitrogens with zero attached hydrogens (tertiary/aromatic N) is 1. The molecule has 0 aromatic carbocycles. The van der Waals surface area contributed by atoms with Gasteiger partial charge in [0.25, 0.3) is 5.56 Å². The van der Waals surface area contributed by atoms with Crippen molar-refractivity contribution in [3.8, 4) is 0 Å². The Morgan fingerprint density at radius 3 is 2.88 bits per heavy atom. The molecule has 3 aromatic rings. The fourth-order valence-corrected chi connectivity index (χ4v) is 3.34. The molecule has 3 heterocycles. The van der Waals surface area contributed by atoms with Crippen molar-refractivity contribution in [1.82, 2.24) is 4.57 Å². The zero-order valence-electron chi connectivity index (χ0n) is 9.13. The summed E-state index contributed by atoms with van der Waals surface area (Å²) in [6.45, 7) is 0.755. The largest absolute Gasteiger partial charge is 0.315 e. The van der Waals surface area contributed by atoms with Crippen LogP contribution in [0.15, 0.2) is 46.0 Å². The quantitative estimate of drug-likeness (QED) is 0.708. The smallest absolute Gasteiger partial charge is 0.259 e. The number of aromatic nitrogens is 1. The van der Waals surface area contributed by atoms with Crippen LogP contribution in [0, 0.1) is 0 Å². The Morgan fingerprint density at radius 2 is 2.06 bits per heavy atom. The average Bonchev–Trinajstić information content (AvgIpc) is 2.99. The van der Waals surface area contributed by atoms with E-state index in [4.69, 9.17) is 0 Å².